The van der Waals surface area contributed by atoms with Gasteiger partial charge < -0.3 is 24.8 Å². The summed E-state index contributed by atoms with van der Waals surface area (Å²) < 4.78 is 9.80. The molecule has 0 saturated carbocycles. The first-order valence-corrected chi connectivity index (χ1v) is 3.80. The molecule has 0 amide bonds. The van der Waals surface area contributed by atoms with Crippen LogP contribution in [0.15, 0.2) is 0 Å². The number of hydrogen-bond donors (Lipinski definition) is 3. The van der Waals surface area contributed by atoms with Crippen molar-refractivity contribution in [3.05, 3.63) is 0 Å². The molecule has 0 aliphatic carbocycles. The molecular weight excluding hydrogens is 164 g/mol. The smallest absolute Gasteiger partial charge is 0.186 e. The lowest BCUT2D eigenvalue weighted by Gasteiger charge is -2.38. The van der Waals surface area contributed by atoms with Crippen LogP contribution in [-0.4, -0.2) is 53.1 Å². The van der Waals surface area contributed by atoms with Gasteiger partial charge in [-0.25, -0.2) is 0 Å². The molecule has 1 rings (SSSR count). The summed E-state index contributed by atoms with van der Waals surface area (Å²) in [4.78, 5) is 0. The van der Waals surface area contributed by atoms with E-state index < -0.39 is 30.7 Å². The lowest BCUT2D eigenvalue weighted by Crippen LogP contribution is -2.57. The van der Waals surface area contributed by atoms with Crippen LogP contribution in [-0.2, 0) is 9.47 Å². The highest BCUT2D eigenvalue weighted by Gasteiger charge is 2.41. The van der Waals surface area contributed by atoms with Crippen LogP contribution in [0.3, 0.4) is 0 Å². The molecule has 0 radical (unpaired) electrons. The molecule has 0 aromatic carbocycles. The van der Waals surface area contributed by atoms with Gasteiger partial charge in [0.1, 0.15) is 18.3 Å². The maximum atomic E-state index is 9.27. The molecule has 0 aromatic rings. The summed E-state index contributed by atoms with van der Waals surface area (Å²) in [5, 5.41) is 27.8. The number of rotatable bonds is 1. The zero-order valence-corrected chi connectivity index (χ0v) is 7.04. The van der Waals surface area contributed by atoms with E-state index in [0.717, 1.165) is 0 Å². The Hall–Kier alpha value is -0.200. The van der Waals surface area contributed by atoms with Gasteiger partial charge in [0.05, 0.1) is 6.10 Å². The second kappa shape index (κ2) is 3.68. The van der Waals surface area contributed by atoms with Crippen molar-refractivity contribution in [1.82, 2.24) is 0 Å². The summed E-state index contributed by atoms with van der Waals surface area (Å²) in [5.74, 6) is 0. The summed E-state index contributed by atoms with van der Waals surface area (Å²) in [5.41, 5.74) is 0. The lowest BCUT2D eigenvalue weighted by atomic mass is 10.0. The molecule has 5 heteroatoms. The van der Waals surface area contributed by atoms with Crippen molar-refractivity contribution < 1.29 is 24.8 Å². The van der Waals surface area contributed by atoms with Crippen molar-refractivity contribution in [3.8, 4) is 0 Å². The average Bonchev–Trinajstić information content (AvgIpc) is 2.08. The second-order valence-electron chi connectivity index (χ2n) is 2.92. The van der Waals surface area contributed by atoms with Crippen LogP contribution in [0.25, 0.3) is 0 Å². The molecule has 5 nitrogen and oxygen atoms in total. The van der Waals surface area contributed by atoms with Crippen LogP contribution < -0.4 is 0 Å². The highest BCUT2D eigenvalue weighted by molar-refractivity contribution is 4.86. The third-order valence-electron chi connectivity index (χ3n) is 2.04. The molecule has 1 saturated heterocycles. The van der Waals surface area contributed by atoms with E-state index in [9.17, 15) is 15.3 Å². The average molecular weight is 178 g/mol. The largest absolute Gasteiger partial charge is 0.388 e. The molecule has 1 fully saturated rings. The monoisotopic (exact) mass is 178 g/mol. The predicted molar refractivity (Wildman–Crippen MR) is 39.4 cm³/mol. The number of aliphatic hydroxyl groups excluding tert-OH is 3. The quantitative estimate of drug-likeness (QED) is 0.453. The predicted octanol–water partition coefficient (Wildman–Crippen LogP) is -1.54. The number of hydrogen-bond acceptors (Lipinski definition) is 5. The Balaban J connectivity index is 2.63. The molecule has 72 valence electrons. The topological polar surface area (TPSA) is 79.2 Å². The minimum atomic E-state index is -1.21. The molecule has 0 bridgehead atoms. The third kappa shape index (κ3) is 1.60. The van der Waals surface area contributed by atoms with Crippen molar-refractivity contribution >= 4 is 0 Å². The van der Waals surface area contributed by atoms with E-state index in [1.807, 2.05) is 0 Å². The van der Waals surface area contributed by atoms with Gasteiger partial charge in [-0.1, -0.05) is 0 Å². The van der Waals surface area contributed by atoms with Gasteiger partial charge in [0, 0.05) is 7.11 Å². The first kappa shape index (κ1) is 9.88. The summed E-state index contributed by atoms with van der Waals surface area (Å²) in [6.45, 7) is 1.60. The molecule has 2 unspecified atom stereocenters. The summed E-state index contributed by atoms with van der Waals surface area (Å²) >= 11 is 0. The molecule has 12 heavy (non-hydrogen) atoms. The van der Waals surface area contributed by atoms with E-state index in [1.165, 1.54) is 7.11 Å². The Morgan fingerprint density at radius 3 is 2.17 bits per heavy atom. The van der Waals surface area contributed by atoms with E-state index in [2.05, 4.69) is 0 Å². The molecule has 0 spiro atoms. The van der Waals surface area contributed by atoms with Gasteiger partial charge >= 0.3 is 0 Å². The minimum Gasteiger partial charge on any atom is -0.388 e. The van der Waals surface area contributed by atoms with Crippen LogP contribution in [0.1, 0.15) is 6.92 Å². The van der Waals surface area contributed by atoms with E-state index in [1.54, 1.807) is 6.92 Å². The molecule has 3 N–H and O–H groups in total. The second-order valence-corrected chi connectivity index (χ2v) is 2.92. The summed E-state index contributed by atoms with van der Waals surface area (Å²) in [6, 6.07) is 0. The molecule has 5 atom stereocenters. The van der Waals surface area contributed by atoms with E-state index in [-0.39, 0.29) is 0 Å². The molecule has 1 heterocycles. The van der Waals surface area contributed by atoms with Crippen molar-refractivity contribution in [2.24, 2.45) is 0 Å². The van der Waals surface area contributed by atoms with Crippen LogP contribution in [0.4, 0.5) is 0 Å². The zero-order valence-electron chi connectivity index (χ0n) is 7.04. The van der Waals surface area contributed by atoms with E-state index >= 15 is 0 Å². The Kier molecular flexibility index (Phi) is 3.03. The normalized spacial score (nSPS) is 49.2. The van der Waals surface area contributed by atoms with Crippen molar-refractivity contribution in [2.75, 3.05) is 7.11 Å². The summed E-state index contributed by atoms with van der Waals surface area (Å²) in [6.07, 6.45) is -4.86. The maximum Gasteiger partial charge on any atom is 0.186 e. The molecule has 0 aromatic heterocycles. The summed E-state index contributed by atoms with van der Waals surface area (Å²) in [7, 11) is 1.37. The fourth-order valence-electron chi connectivity index (χ4n) is 1.21. The Labute approximate surface area is 70.5 Å². The van der Waals surface area contributed by atoms with Crippen LogP contribution >= 0.6 is 0 Å². The van der Waals surface area contributed by atoms with Gasteiger partial charge in [-0.15, -0.1) is 0 Å². The van der Waals surface area contributed by atoms with Crippen molar-refractivity contribution in [1.29, 1.82) is 0 Å². The molecule has 1 aliphatic heterocycles. The molecule has 1 aliphatic rings. The Morgan fingerprint density at radius 2 is 1.67 bits per heavy atom. The SMILES string of the molecule is CO[C@@H]1OC(C)[C@@H](O)[C@@H](O)C1O. The Morgan fingerprint density at radius 1 is 1.08 bits per heavy atom. The number of methoxy groups -OCH3 is 1. The minimum absolute atomic E-state index is 0.534. The van der Waals surface area contributed by atoms with Gasteiger partial charge in [-0.2, -0.15) is 0 Å². The zero-order chi connectivity index (χ0) is 9.30. The van der Waals surface area contributed by atoms with Gasteiger partial charge in [-0.05, 0) is 6.92 Å². The lowest BCUT2D eigenvalue weighted by molar-refractivity contribution is -0.286. The van der Waals surface area contributed by atoms with Gasteiger partial charge in [-0.3, -0.25) is 0 Å². The highest BCUT2D eigenvalue weighted by Crippen LogP contribution is 2.20. The van der Waals surface area contributed by atoms with Crippen molar-refractivity contribution in [3.63, 3.8) is 0 Å². The number of aliphatic hydroxyl groups is 3. The Bertz CT molecular complexity index is 146. The van der Waals surface area contributed by atoms with E-state index in [4.69, 9.17) is 9.47 Å². The highest BCUT2D eigenvalue weighted by atomic mass is 16.7. The van der Waals surface area contributed by atoms with Gasteiger partial charge in [0.2, 0.25) is 0 Å². The van der Waals surface area contributed by atoms with Crippen molar-refractivity contribution in [2.45, 2.75) is 37.6 Å². The van der Waals surface area contributed by atoms with Crippen LogP contribution in [0.2, 0.25) is 0 Å². The fraction of sp³-hybridized carbons (Fsp3) is 1.00. The maximum absolute atomic E-state index is 9.27. The molecular formula is C7H14O5. The number of ether oxygens (including phenoxy) is 2. The fourth-order valence-corrected chi connectivity index (χ4v) is 1.21. The van der Waals surface area contributed by atoms with Crippen LogP contribution in [0.5, 0.6) is 0 Å². The first-order chi connectivity index (χ1) is 5.57. The van der Waals surface area contributed by atoms with Gasteiger partial charge in [0.15, 0.2) is 6.29 Å². The third-order valence-corrected chi connectivity index (χ3v) is 2.04. The standard InChI is InChI=1S/C7H14O5/c1-3-4(8)5(9)6(10)7(11-2)12-3/h3-10H,1-2H3/t3?,4-,5-,6?,7-/m1/s1. The van der Waals surface area contributed by atoms with Crippen LogP contribution in [0, 0.1) is 0 Å². The first-order valence-electron chi connectivity index (χ1n) is 3.80. The van der Waals surface area contributed by atoms with E-state index in [0.29, 0.717) is 0 Å². The van der Waals surface area contributed by atoms with Gasteiger partial charge in [0.25, 0.3) is 0 Å².